The number of aromatic hydroxyl groups is 1. The third kappa shape index (κ3) is 3.53. The van der Waals surface area contributed by atoms with Gasteiger partial charge in [0, 0.05) is 31.9 Å². The number of anilines is 1. The summed E-state index contributed by atoms with van der Waals surface area (Å²) in [6, 6.07) is 5.50. The highest BCUT2D eigenvalue weighted by Gasteiger charge is 2.25. The summed E-state index contributed by atoms with van der Waals surface area (Å²) in [4.78, 5) is 37.6. The number of para-hydroxylation sites is 1. The number of methoxy groups -OCH3 is 1. The number of ether oxygens (including phenoxy) is 1. The van der Waals surface area contributed by atoms with Gasteiger partial charge in [0.2, 0.25) is 5.91 Å². The van der Waals surface area contributed by atoms with Crippen molar-refractivity contribution in [3.8, 4) is 17.4 Å². The number of rotatable bonds is 4. The summed E-state index contributed by atoms with van der Waals surface area (Å²) in [5.41, 5.74) is -0.418. The second kappa shape index (κ2) is 8.29. The number of amides is 1. The van der Waals surface area contributed by atoms with Crippen LogP contribution in [0.1, 0.15) is 5.69 Å². The van der Waals surface area contributed by atoms with Crippen molar-refractivity contribution in [1.82, 2.24) is 19.4 Å². The average Bonchev–Trinajstić information content (AvgIpc) is 2.80. The van der Waals surface area contributed by atoms with E-state index in [-0.39, 0.29) is 28.9 Å². The Balaban J connectivity index is 1.87. The minimum absolute atomic E-state index is 0.0117. The van der Waals surface area contributed by atoms with Crippen molar-refractivity contribution in [2.45, 2.75) is 6.92 Å². The molecule has 3 heterocycles. The van der Waals surface area contributed by atoms with Gasteiger partial charge in [0.05, 0.1) is 12.5 Å². The summed E-state index contributed by atoms with van der Waals surface area (Å²) in [7, 11) is 1.39. The number of phenols is 1. The van der Waals surface area contributed by atoms with E-state index < -0.39 is 11.4 Å². The zero-order valence-corrected chi connectivity index (χ0v) is 17.7. The average molecular weight is 439 g/mol. The van der Waals surface area contributed by atoms with Gasteiger partial charge in [-0.25, -0.2) is 4.39 Å². The number of pyridine rings is 1. The fourth-order valence-corrected chi connectivity index (χ4v) is 3.88. The van der Waals surface area contributed by atoms with Crippen molar-refractivity contribution in [3.63, 3.8) is 0 Å². The zero-order chi connectivity index (χ0) is 23.0. The molecular weight excluding hydrogens is 417 g/mol. The predicted octanol–water partition coefficient (Wildman–Crippen LogP) is 1.78. The number of carbonyl (C=O) groups excluding carboxylic acids is 1. The summed E-state index contributed by atoms with van der Waals surface area (Å²) in [5.74, 6) is -0.751. The molecule has 1 amide bonds. The smallest absolute Gasteiger partial charge is 0.318 e. The second-order valence-electron chi connectivity index (χ2n) is 7.35. The van der Waals surface area contributed by atoms with Crippen LogP contribution in [-0.2, 0) is 4.79 Å². The molecule has 0 aliphatic carbocycles. The largest absolute Gasteiger partial charge is 0.506 e. The molecule has 0 radical (unpaired) electrons. The highest BCUT2D eigenvalue weighted by molar-refractivity contribution is 5.90. The van der Waals surface area contributed by atoms with E-state index in [0.29, 0.717) is 43.1 Å². The summed E-state index contributed by atoms with van der Waals surface area (Å²) in [5, 5.41) is 10.7. The Morgan fingerprint density at radius 3 is 2.59 bits per heavy atom. The molecule has 1 aromatic carbocycles. The fourth-order valence-electron chi connectivity index (χ4n) is 3.88. The highest BCUT2D eigenvalue weighted by Crippen LogP contribution is 2.29. The van der Waals surface area contributed by atoms with Crippen LogP contribution in [0.25, 0.3) is 16.6 Å². The molecule has 10 heteroatoms. The van der Waals surface area contributed by atoms with Crippen molar-refractivity contribution in [2.75, 3.05) is 38.2 Å². The number of aromatic nitrogens is 3. The molecule has 166 valence electrons. The predicted molar refractivity (Wildman–Crippen MR) is 117 cm³/mol. The molecule has 0 saturated carbocycles. The summed E-state index contributed by atoms with van der Waals surface area (Å²) >= 11 is 0. The maximum Gasteiger partial charge on any atom is 0.318 e. The molecule has 0 bridgehead atoms. The van der Waals surface area contributed by atoms with Gasteiger partial charge in [-0.1, -0.05) is 12.6 Å². The molecular formula is C22H22FN5O4. The van der Waals surface area contributed by atoms with Gasteiger partial charge >= 0.3 is 6.01 Å². The summed E-state index contributed by atoms with van der Waals surface area (Å²) < 4.78 is 20.8. The third-order valence-electron chi connectivity index (χ3n) is 5.45. The molecule has 3 aromatic rings. The van der Waals surface area contributed by atoms with Crippen molar-refractivity contribution in [2.24, 2.45) is 0 Å². The quantitative estimate of drug-likeness (QED) is 0.619. The molecule has 9 nitrogen and oxygen atoms in total. The normalized spacial score (nSPS) is 14.0. The van der Waals surface area contributed by atoms with E-state index in [2.05, 4.69) is 16.5 Å². The number of aryl methyl sites for hydroxylation is 1. The number of benzene rings is 1. The van der Waals surface area contributed by atoms with Gasteiger partial charge in [0.1, 0.15) is 22.8 Å². The highest BCUT2D eigenvalue weighted by atomic mass is 19.1. The van der Waals surface area contributed by atoms with Crippen LogP contribution in [0.15, 0.2) is 41.7 Å². The fraction of sp³-hybridized carbons (Fsp3) is 0.273. The van der Waals surface area contributed by atoms with Gasteiger partial charge < -0.3 is 19.6 Å². The lowest BCUT2D eigenvalue weighted by Crippen LogP contribution is -2.48. The monoisotopic (exact) mass is 439 g/mol. The first kappa shape index (κ1) is 21.3. The molecule has 0 atom stereocenters. The lowest BCUT2D eigenvalue weighted by Gasteiger charge is -2.35. The first-order chi connectivity index (χ1) is 15.3. The van der Waals surface area contributed by atoms with Crippen molar-refractivity contribution < 1.29 is 19.0 Å². The lowest BCUT2D eigenvalue weighted by molar-refractivity contribution is -0.126. The molecule has 0 spiro atoms. The topological polar surface area (TPSA) is 101 Å². The van der Waals surface area contributed by atoms with Gasteiger partial charge in [0.25, 0.3) is 5.56 Å². The molecule has 2 aromatic heterocycles. The van der Waals surface area contributed by atoms with Crippen molar-refractivity contribution in [3.05, 3.63) is 58.8 Å². The van der Waals surface area contributed by atoms with E-state index >= 15 is 0 Å². The third-order valence-corrected chi connectivity index (χ3v) is 5.45. The summed E-state index contributed by atoms with van der Waals surface area (Å²) in [6.45, 7) is 7.08. The molecule has 32 heavy (non-hydrogen) atoms. The maximum atomic E-state index is 14.5. The van der Waals surface area contributed by atoms with Crippen LogP contribution in [0.4, 0.5) is 10.2 Å². The number of halogens is 1. The molecule has 4 rings (SSSR count). The molecule has 1 fully saturated rings. The van der Waals surface area contributed by atoms with E-state index in [1.54, 1.807) is 17.9 Å². The Morgan fingerprint density at radius 2 is 1.97 bits per heavy atom. The molecule has 1 saturated heterocycles. The Labute approximate surface area is 183 Å². The number of nitrogens with zero attached hydrogens (tertiary/aromatic N) is 5. The van der Waals surface area contributed by atoms with Crippen LogP contribution in [0.3, 0.4) is 0 Å². The number of hydrogen-bond donors (Lipinski definition) is 1. The molecule has 1 N–H and O–H groups in total. The van der Waals surface area contributed by atoms with Gasteiger partial charge in [0.15, 0.2) is 5.82 Å². The first-order valence-electron chi connectivity index (χ1n) is 9.98. The Bertz CT molecular complexity index is 1260. The molecule has 1 aliphatic rings. The van der Waals surface area contributed by atoms with Gasteiger partial charge in [-0.2, -0.15) is 9.97 Å². The Hall–Kier alpha value is -3.95. The number of hydrogen-bond acceptors (Lipinski definition) is 7. The number of phenolic OH excluding ortho intramolecular Hbond substituents is 1. The number of carbonyl (C=O) groups is 1. The van der Waals surface area contributed by atoms with Gasteiger partial charge in [-0.05, 0) is 31.2 Å². The van der Waals surface area contributed by atoms with E-state index in [1.807, 2.05) is 4.90 Å². The van der Waals surface area contributed by atoms with Crippen LogP contribution >= 0.6 is 0 Å². The number of piperazine rings is 1. The van der Waals surface area contributed by atoms with Crippen molar-refractivity contribution >= 4 is 22.6 Å². The van der Waals surface area contributed by atoms with Crippen molar-refractivity contribution in [1.29, 1.82) is 0 Å². The Kier molecular flexibility index (Phi) is 5.52. The van der Waals surface area contributed by atoms with E-state index in [9.17, 15) is 19.1 Å². The van der Waals surface area contributed by atoms with Gasteiger partial charge in [-0.15, -0.1) is 0 Å². The maximum absolute atomic E-state index is 14.5. The SMILES string of the molecule is C=CC(=O)N1CCN(c2nc(OC)nc3c(=O)n(-c4c(O)cccc4F)c(C)cc23)CC1. The minimum atomic E-state index is -0.737. The standard InChI is InChI=1S/C22H22FN5O4/c1-4-17(30)26-8-10-27(11-9-26)20-14-12-13(2)28(19-15(23)6-5-7-16(19)29)21(31)18(14)24-22(25-20)32-3/h4-7,12,29H,1,8-11H2,2-3H3. The minimum Gasteiger partial charge on any atom is -0.506 e. The van der Waals surface area contributed by atoms with E-state index in [0.717, 1.165) is 4.57 Å². The number of fused-ring (bicyclic) bond motifs is 1. The van der Waals surface area contributed by atoms with E-state index in [4.69, 9.17) is 4.74 Å². The lowest BCUT2D eigenvalue weighted by atomic mass is 10.2. The van der Waals surface area contributed by atoms with Crippen LogP contribution < -0.4 is 15.2 Å². The summed E-state index contributed by atoms with van der Waals surface area (Å²) in [6.07, 6.45) is 1.28. The molecule has 0 unspecified atom stereocenters. The second-order valence-corrected chi connectivity index (χ2v) is 7.35. The van der Waals surface area contributed by atoms with Crippen LogP contribution in [0.2, 0.25) is 0 Å². The van der Waals surface area contributed by atoms with Crippen LogP contribution in [-0.4, -0.2) is 63.7 Å². The first-order valence-corrected chi connectivity index (χ1v) is 9.98. The zero-order valence-electron chi connectivity index (χ0n) is 17.7. The van der Waals surface area contributed by atoms with E-state index in [1.165, 1.54) is 31.4 Å². The van der Waals surface area contributed by atoms with Gasteiger partial charge in [-0.3, -0.25) is 14.2 Å². The van der Waals surface area contributed by atoms with Crippen LogP contribution in [0, 0.1) is 12.7 Å². The van der Waals surface area contributed by atoms with Crippen LogP contribution in [0.5, 0.6) is 11.8 Å². The molecule has 1 aliphatic heterocycles. The Morgan fingerprint density at radius 1 is 1.25 bits per heavy atom.